The first-order valence-corrected chi connectivity index (χ1v) is 7.30. The van der Waals surface area contributed by atoms with Gasteiger partial charge >= 0.3 is 0 Å². The molecule has 5 heteroatoms. The Hall–Kier alpha value is -0.650. The number of benzene rings is 1. The molecule has 0 amide bonds. The van der Waals surface area contributed by atoms with Crippen LogP contribution in [0.3, 0.4) is 0 Å². The zero-order valence-electron chi connectivity index (χ0n) is 10.1. The number of nitrogens with two attached hydrogens (primary N) is 1. The summed E-state index contributed by atoms with van der Waals surface area (Å²) in [6.45, 7) is 1.18. The summed E-state index contributed by atoms with van der Waals surface area (Å²) in [4.78, 5) is 2.66. The molecule has 0 aromatic heterocycles. The Labute approximate surface area is 121 Å². The van der Waals surface area contributed by atoms with Gasteiger partial charge in [-0.25, -0.2) is 0 Å². The average molecular weight is 329 g/mol. The van der Waals surface area contributed by atoms with Crippen LogP contribution in [0.2, 0.25) is 0 Å². The van der Waals surface area contributed by atoms with E-state index in [-0.39, 0.29) is 12.6 Å². The molecular formula is C13H17BrN2OS. The average Bonchev–Trinajstić information content (AvgIpc) is 2.38. The lowest BCUT2D eigenvalue weighted by Gasteiger charge is -2.37. The van der Waals surface area contributed by atoms with Crippen molar-refractivity contribution in [1.29, 1.82) is 0 Å². The molecule has 3 N–H and O–H groups in total. The molecule has 98 valence electrons. The van der Waals surface area contributed by atoms with Crippen LogP contribution in [0.4, 0.5) is 5.69 Å². The van der Waals surface area contributed by atoms with Crippen LogP contribution in [0.1, 0.15) is 24.8 Å². The van der Waals surface area contributed by atoms with Crippen LogP contribution in [-0.4, -0.2) is 29.3 Å². The molecule has 1 unspecified atom stereocenters. The highest BCUT2D eigenvalue weighted by atomic mass is 79.9. The van der Waals surface area contributed by atoms with Gasteiger partial charge in [-0.3, -0.25) is 0 Å². The van der Waals surface area contributed by atoms with Gasteiger partial charge < -0.3 is 15.7 Å². The Kier molecular flexibility index (Phi) is 4.59. The molecule has 1 aromatic carbocycles. The normalized spacial score (nSPS) is 19.9. The van der Waals surface area contributed by atoms with Gasteiger partial charge in [0, 0.05) is 16.6 Å². The van der Waals surface area contributed by atoms with Crippen LogP contribution in [-0.2, 0) is 0 Å². The highest BCUT2D eigenvalue weighted by Crippen LogP contribution is 2.32. The van der Waals surface area contributed by atoms with E-state index in [2.05, 4.69) is 20.8 Å². The highest BCUT2D eigenvalue weighted by Gasteiger charge is 2.23. The largest absolute Gasteiger partial charge is 0.394 e. The second kappa shape index (κ2) is 5.99. The second-order valence-corrected chi connectivity index (χ2v) is 5.85. The molecule has 0 aliphatic carbocycles. The smallest absolute Gasteiger partial charge is 0.104 e. The zero-order chi connectivity index (χ0) is 13.1. The van der Waals surface area contributed by atoms with Crippen molar-refractivity contribution in [3.63, 3.8) is 0 Å². The molecule has 0 spiro atoms. The van der Waals surface area contributed by atoms with E-state index in [1.165, 1.54) is 12.8 Å². The fourth-order valence-electron chi connectivity index (χ4n) is 2.40. The maximum absolute atomic E-state index is 9.46. The van der Waals surface area contributed by atoms with Gasteiger partial charge in [0.15, 0.2) is 0 Å². The number of halogens is 1. The van der Waals surface area contributed by atoms with Gasteiger partial charge in [-0.15, -0.1) is 0 Å². The molecule has 0 saturated carbocycles. The maximum atomic E-state index is 9.46. The van der Waals surface area contributed by atoms with Crippen LogP contribution in [0.15, 0.2) is 22.7 Å². The summed E-state index contributed by atoms with van der Waals surface area (Å²) in [7, 11) is 0. The number of hydrogen-bond donors (Lipinski definition) is 2. The van der Waals surface area contributed by atoms with E-state index < -0.39 is 0 Å². The molecule has 18 heavy (non-hydrogen) atoms. The van der Waals surface area contributed by atoms with Gasteiger partial charge in [0.2, 0.25) is 0 Å². The minimum atomic E-state index is 0.198. The Balaban J connectivity index is 2.29. The van der Waals surface area contributed by atoms with E-state index in [0.29, 0.717) is 4.99 Å². The molecule has 2 rings (SSSR count). The van der Waals surface area contributed by atoms with Gasteiger partial charge in [-0.05, 0) is 53.4 Å². The van der Waals surface area contributed by atoms with Crippen molar-refractivity contribution in [2.45, 2.75) is 25.3 Å². The molecule has 1 saturated heterocycles. The molecular weight excluding hydrogens is 312 g/mol. The standard InChI is InChI=1S/C13H17BrN2OS/c14-11-7-9(13(15)18)4-5-12(11)16-6-2-1-3-10(16)8-17/h4-5,7,10,17H,1-3,6,8H2,(H2,15,18). The quantitative estimate of drug-likeness (QED) is 0.837. The van der Waals surface area contributed by atoms with Gasteiger partial charge in [-0.1, -0.05) is 12.2 Å². The first-order chi connectivity index (χ1) is 8.63. The lowest BCUT2D eigenvalue weighted by molar-refractivity contribution is 0.240. The number of nitrogens with zero attached hydrogens (tertiary/aromatic N) is 1. The number of anilines is 1. The van der Waals surface area contributed by atoms with Gasteiger partial charge in [-0.2, -0.15) is 0 Å². The first-order valence-electron chi connectivity index (χ1n) is 6.10. The summed E-state index contributed by atoms with van der Waals surface area (Å²) in [6.07, 6.45) is 3.39. The summed E-state index contributed by atoms with van der Waals surface area (Å²) in [5.74, 6) is 0. The molecule has 3 nitrogen and oxygen atoms in total. The van der Waals surface area contributed by atoms with Crippen molar-refractivity contribution in [3.05, 3.63) is 28.2 Å². The monoisotopic (exact) mass is 328 g/mol. The summed E-state index contributed by atoms with van der Waals surface area (Å²) < 4.78 is 0.980. The van der Waals surface area contributed by atoms with Crippen molar-refractivity contribution in [1.82, 2.24) is 0 Å². The maximum Gasteiger partial charge on any atom is 0.104 e. The number of piperidine rings is 1. The highest BCUT2D eigenvalue weighted by molar-refractivity contribution is 9.10. The molecule has 1 aliphatic heterocycles. The Morgan fingerprint density at radius 1 is 1.50 bits per heavy atom. The van der Waals surface area contributed by atoms with E-state index in [4.69, 9.17) is 18.0 Å². The van der Waals surface area contributed by atoms with Gasteiger partial charge in [0.1, 0.15) is 4.99 Å². The van der Waals surface area contributed by atoms with Crippen molar-refractivity contribution in [3.8, 4) is 0 Å². The van der Waals surface area contributed by atoms with Crippen LogP contribution >= 0.6 is 28.1 Å². The summed E-state index contributed by atoms with van der Waals surface area (Å²) in [5, 5.41) is 9.46. The summed E-state index contributed by atoms with van der Waals surface area (Å²) >= 11 is 8.54. The Morgan fingerprint density at radius 2 is 2.28 bits per heavy atom. The molecule has 0 bridgehead atoms. The predicted molar refractivity (Wildman–Crippen MR) is 82.1 cm³/mol. The third-order valence-corrected chi connectivity index (χ3v) is 4.25. The Bertz CT molecular complexity index is 453. The third-order valence-electron chi connectivity index (χ3n) is 3.38. The minimum Gasteiger partial charge on any atom is -0.394 e. The molecule has 1 aliphatic rings. The summed E-state index contributed by atoms with van der Waals surface area (Å²) in [5.41, 5.74) is 7.59. The van der Waals surface area contributed by atoms with Gasteiger partial charge in [0.05, 0.1) is 18.3 Å². The van der Waals surface area contributed by atoms with E-state index >= 15 is 0 Å². The fourth-order valence-corrected chi connectivity index (χ4v) is 3.13. The van der Waals surface area contributed by atoms with Crippen molar-refractivity contribution >= 4 is 38.8 Å². The first kappa shape index (κ1) is 13.8. The molecule has 0 radical (unpaired) electrons. The van der Waals surface area contributed by atoms with Crippen molar-refractivity contribution in [2.24, 2.45) is 5.73 Å². The second-order valence-electron chi connectivity index (χ2n) is 4.56. The number of aliphatic hydroxyl groups is 1. The topological polar surface area (TPSA) is 49.5 Å². The number of aliphatic hydroxyl groups excluding tert-OH is 1. The minimum absolute atomic E-state index is 0.198. The Morgan fingerprint density at radius 3 is 2.89 bits per heavy atom. The van der Waals surface area contributed by atoms with E-state index in [0.717, 1.165) is 28.7 Å². The van der Waals surface area contributed by atoms with Crippen LogP contribution < -0.4 is 10.6 Å². The van der Waals surface area contributed by atoms with E-state index in [1.54, 1.807) is 0 Å². The fraction of sp³-hybridized carbons (Fsp3) is 0.462. The predicted octanol–water partition coefficient (Wildman–Crippen LogP) is 2.43. The van der Waals surface area contributed by atoms with Crippen molar-refractivity contribution in [2.75, 3.05) is 18.1 Å². The molecule has 1 aromatic rings. The van der Waals surface area contributed by atoms with E-state index in [9.17, 15) is 5.11 Å². The molecule has 1 atom stereocenters. The van der Waals surface area contributed by atoms with Gasteiger partial charge in [0.25, 0.3) is 0 Å². The van der Waals surface area contributed by atoms with E-state index in [1.807, 2.05) is 18.2 Å². The summed E-state index contributed by atoms with van der Waals surface area (Å²) in [6, 6.07) is 6.12. The number of hydrogen-bond acceptors (Lipinski definition) is 3. The van der Waals surface area contributed by atoms with Crippen LogP contribution in [0, 0.1) is 0 Å². The SMILES string of the molecule is NC(=S)c1ccc(N2CCCCC2CO)c(Br)c1. The van der Waals surface area contributed by atoms with Crippen LogP contribution in [0.5, 0.6) is 0 Å². The van der Waals surface area contributed by atoms with Crippen molar-refractivity contribution < 1.29 is 5.11 Å². The number of thiocarbonyl (C=S) groups is 1. The third kappa shape index (κ3) is 2.84. The zero-order valence-corrected chi connectivity index (χ0v) is 12.5. The lowest BCUT2D eigenvalue weighted by atomic mass is 10.0. The van der Waals surface area contributed by atoms with Crippen LogP contribution in [0.25, 0.3) is 0 Å². The number of rotatable bonds is 3. The lowest BCUT2D eigenvalue weighted by Crippen LogP contribution is -2.42. The molecule has 1 fully saturated rings. The molecule has 1 heterocycles.